The molecule has 4 atom stereocenters. The Morgan fingerprint density at radius 1 is 1.00 bits per heavy atom. The molecule has 2 N–H and O–H groups in total. The van der Waals surface area contributed by atoms with Crippen LogP contribution in [-0.4, -0.2) is 76.9 Å². The van der Waals surface area contributed by atoms with E-state index in [1.807, 2.05) is 11.0 Å². The lowest BCUT2D eigenvalue weighted by Gasteiger charge is -2.40. The third-order valence-electron chi connectivity index (χ3n) is 8.01. The minimum absolute atomic E-state index is 0.0181. The number of rotatable bonds is 5. The Morgan fingerprint density at radius 2 is 1.81 bits per heavy atom. The van der Waals surface area contributed by atoms with Gasteiger partial charge in [0.25, 0.3) is 5.91 Å². The molecule has 3 saturated heterocycles. The number of fused-ring (bicyclic) bond motifs is 1. The largest absolute Gasteiger partial charge is 0.337 e. The average molecular weight is 530 g/mol. The van der Waals surface area contributed by atoms with Crippen LogP contribution >= 0.6 is 23.2 Å². The maximum absolute atomic E-state index is 13.8. The highest BCUT2D eigenvalue weighted by Gasteiger charge is 2.45. The number of hydrogen-bond acceptors (Lipinski definition) is 4. The van der Waals surface area contributed by atoms with Crippen LogP contribution in [0, 0.1) is 0 Å². The maximum atomic E-state index is 13.8. The van der Waals surface area contributed by atoms with E-state index in [2.05, 4.69) is 34.1 Å². The third-order valence-corrected chi connectivity index (χ3v) is 8.75. The summed E-state index contributed by atoms with van der Waals surface area (Å²) in [6.07, 6.45) is 5.42. The third kappa shape index (κ3) is 5.42. The predicted molar refractivity (Wildman–Crippen MR) is 143 cm³/mol. The molecule has 192 valence electrons. The van der Waals surface area contributed by atoms with Gasteiger partial charge in [0.1, 0.15) is 0 Å². The van der Waals surface area contributed by atoms with Gasteiger partial charge in [0.05, 0.1) is 16.1 Å². The molecule has 3 heterocycles. The van der Waals surface area contributed by atoms with Crippen LogP contribution in [0.5, 0.6) is 0 Å². The second-order valence-corrected chi connectivity index (χ2v) is 11.2. The molecule has 3 aliphatic heterocycles. The van der Waals surface area contributed by atoms with Crippen molar-refractivity contribution in [1.82, 2.24) is 14.7 Å². The normalized spacial score (nSPS) is 27.1. The van der Waals surface area contributed by atoms with Crippen LogP contribution in [0.1, 0.15) is 48.0 Å². The van der Waals surface area contributed by atoms with E-state index >= 15 is 0 Å². The van der Waals surface area contributed by atoms with Crippen LogP contribution in [0.3, 0.4) is 0 Å². The zero-order chi connectivity index (χ0) is 25.2. The van der Waals surface area contributed by atoms with E-state index in [0.29, 0.717) is 41.2 Å². The molecule has 1 unspecified atom stereocenters. The summed E-state index contributed by atoms with van der Waals surface area (Å²) >= 11 is 12.2. The first-order chi connectivity index (χ1) is 17.4. The van der Waals surface area contributed by atoms with Crippen molar-refractivity contribution >= 4 is 35.0 Å². The zero-order valence-corrected chi connectivity index (χ0v) is 22.0. The molecule has 8 heteroatoms. The number of hydrogen-bond donors (Lipinski definition) is 1. The van der Waals surface area contributed by atoms with E-state index in [0.717, 1.165) is 45.2 Å². The minimum atomic E-state index is -0.163. The highest BCUT2D eigenvalue weighted by atomic mass is 35.5. The van der Waals surface area contributed by atoms with Crippen molar-refractivity contribution in [3.63, 3.8) is 0 Å². The molecule has 2 amide bonds. The molecule has 0 bridgehead atoms. The number of piperidine rings is 1. The number of aryl methyl sites for hydroxylation is 1. The van der Waals surface area contributed by atoms with Crippen molar-refractivity contribution in [2.45, 2.75) is 62.7 Å². The second kappa shape index (κ2) is 11.1. The van der Waals surface area contributed by atoms with Crippen LogP contribution in [0.25, 0.3) is 0 Å². The van der Waals surface area contributed by atoms with Gasteiger partial charge < -0.3 is 15.5 Å². The molecular formula is C28H34Cl2N4O2. The van der Waals surface area contributed by atoms with Crippen LogP contribution < -0.4 is 5.73 Å². The summed E-state index contributed by atoms with van der Waals surface area (Å²) in [5.41, 5.74) is 8.22. The van der Waals surface area contributed by atoms with Crippen molar-refractivity contribution in [3.05, 3.63) is 69.7 Å². The first-order valence-corrected chi connectivity index (χ1v) is 13.8. The molecule has 2 aromatic rings. The smallest absolute Gasteiger partial charge is 0.253 e. The minimum Gasteiger partial charge on any atom is -0.337 e. The van der Waals surface area contributed by atoms with Crippen LogP contribution in [0.15, 0.2) is 48.5 Å². The van der Waals surface area contributed by atoms with Crippen molar-refractivity contribution in [2.75, 3.05) is 26.2 Å². The monoisotopic (exact) mass is 528 g/mol. The van der Waals surface area contributed by atoms with Gasteiger partial charge in [-0.2, -0.15) is 0 Å². The molecule has 2 aromatic carbocycles. The molecular weight excluding hydrogens is 495 g/mol. The summed E-state index contributed by atoms with van der Waals surface area (Å²) in [5.74, 6) is 0.116. The number of carbonyl (C=O) groups excluding carboxylic acids is 2. The average Bonchev–Trinajstić information content (AvgIpc) is 3.23. The topological polar surface area (TPSA) is 69.9 Å². The highest BCUT2D eigenvalue weighted by Crippen LogP contribution is 2.31. The van der Waals surface area contributed by atoms with E-state index in [9.17, 15) is 9.59 Å². The zero-order valence-electron chi connectivity index (χ0n) is 20.5. The van der Waals surface area contributed by atoms with Gasteiger partial charge in [0.15, 0.2) is 0 Å². The Labute approximate surface area is 223 Å². The van der Waals surface area contributed by atoms with Gasteiger partial charge in [-0.15, -0.1) is 0 Å². The lowest BCUT2D eigenvalue weighted by Crippen LogP contribution is -2.54. The maximum Gasteiger partial charge on any atom is 0.253 e. The standard InChI is InChI=1S/C28H34Cl2N4O2/c29-24-11-9-20(15-25(24)30)27(35)32-13-4-7-23(18-32)33-14-12-22(10-8-19-5-2-1-3-6-19)34-17-21(31)16-26(34)28(33)36/h1-3,5-6,9,11,15,21-23,26H,4,7-8,10,12-14,16-18,31H2/t21-,22?,23+,26+/m1/s1. The summed E-state index contributed by atoms with van der Waals surface area (Å²) in [6.45, 7) is 2.71. The van der Waals surface area contributed by atoms with Crippen LogP contribution in [0.2, 0.25) is 10.0 Å². The van der Waals surface area contributed by atoms with Gasteiger partial charge in [0.2, 0.25) is 5.91 Å². The number of nitrogens with zero attached hydrogens (tertiary/aromatic N) is 3. The Bertz CT molecular complexity index is 1100. The fraction of sp³-hybridized carbons (Fsp3) is 0.500. The summed E-state index contributed by atoms with van der Waals surface area (Å²) in [4.78, 5) is 33.3. The van der Waals surface area contributed by atoms with Crippen molar-refractivity contribution in [3.8, 4) is 0 Å². The summed E-state index contributed by atoms with van der Waals surface area (Å²) < 4.78 is 0. The van der Waals surface area contributed by atoms with Crippen LogP contribution in [0.4, 0.5) is 0 Å². The lowest BCUT2D eigenvalue weighted by atomic mass is 10.00. The number of amides is 2. The Kier molecular flexibility index (Phi) is 7.87. The Hall–Kier alpha value is -2.12. The van der Waals surface area contributed by atoms with Gasteiger partial charge in [-0.3, -0.25) is 14.5 Å². The molecule has 36 heavy (non-hydrogen) atoms. The molecule has 3 fully saturated rings. The van der Waals surface area contributed by atoms with Gasteiger partial charge in [0, 0.05) is 49.9 Å². The van der Waals surface area contributed by atoms with Crippen molar-refractivity contribution in [2.24, 2.45) is 5.73 Å². The van der Waals surface area contributed by atoms with Crippen molar-refractivity contribution < 1.29 is 9.59 Å². The highest BCUT2D eigenvalue weighted by molar-refractivity contribution is 6.42. The molecule has 0 aliphatic carbocycles. The van der Waals surface area contributed by atoms with Gasteiger partial charge in [-0.25, -0.2) is 0 Å². The Morgan fingerprint density at radius 3 is 2.58 bits per heavy atom. The molecule has 5 rings (SSSR count). The summed E-state index contributed by atoms with van der Waals surface area (Å²) in [6, 6.07) is 15.7. The molecule has 3 aliphatic rings. The molecule has 6 nitrogen and oxygen atoms in total. The number of halogens is 2. The Balaban J connectivity index is 1.29. The predicted octanol–water partition coefficient (Wildman–Crippen LogP) is 4.23. The van der Waals surface area contributed by atoms with E-state index in [1.165, 1.54) is 5.56 Å². The first-order valence-electron chi connectivity index (χ1n) is 13.0. The number of nitrogens with two attached hydrogens (primary N) is 1. The second-order valence-electron chi connectivity index (χ2n) is 10.4. The SMILES string of the molecule is N[C@@H]1C[C@H]2C(=O)N([C@H]3CCCN(C(=O)c4ccc(Cl)c(Cl)c4)C3)CCC(CCc3ccccc3)N2C1. The lowest BCUT2D eigenvalue weighted by molar-refractivity contribution is -0.138. The molecule has 0 saturated carbocycles. The fourth-order valence-electron chi connectivity index (χ4n) is 6.15. The van der Waals surface area contributed by atoms with Crippen LogP contribution in [-0.2, 0) is 11.2 Å². The summed E-state index contributed by atoms with van der Waals surface area (Å²) in [7, 11) is 0. The number of benzene rings is 2. The molecule has 0 spiro atoms. The van der Waals surface area contributed by atoms with E-state index < -0.39 is 0 Å². The van der Waals surface area contributed by atoms with E-state index in [-0.39, 0.29) is 29.9 Å². The van der Waals surface area contributed by atoms with Gasteiger partial charge in [-0.1, -0.05) is 53.5 Å². The van der Waals surface area contributed by atoms with Crippen molar-refractivity contribution in [1.29, 1.82) is 0 Å². The first kappa shape index (κ1) is 25.5. The van der Waals surface area contributed by atoms with Gasteiger partial charge in [-0.05, 0) is 62.3 Å². The van der Waals surface area contributed by atoms with Gasteiger partial charge >= 0.3 is 0 Å². The fourth-order valence-corrected chi connectivity index (χ4v) is 6.45. The number of carbonyl (C=O) groups is 2. The molecule has 0 aromatic heterocycles. The quantitative estimate of drug-likeness (QED) is 0.630. The molecule has 0 radical (unpaired) electrons. The van der Waals surface area contributed by atoms with E-state index in [1.54, 1.807) is 18.2 Å². The van der Waals surface area contributed by atoms with E-state index in [4.69, 9.17) is 28.9 Å². The number of likely N-dealkylation sites (tertiary alicyclic amines) is 1. The summed E-state index contributed by atoms with van der Waals surface area (Å²) in [5, 5.41) is 0.805.